The van der Waals surface area contributed by atoms with E-state index in [1.54, 1.807) is 11.9 Å². The molecule has 0 saturated heterocycles. The lowest BCUT2D eigenvalue weighted by molar-refractivity contribution is -0.0450. The minimum atomic E-state index is -2.39. The van der Waals surface area contributed by atoms with Gasteiger partial charge in [0.25, 0.3) is 6.43 Å². The van der Waals surface area contributed by atoms with Gasteiger partial charge >= 0.3 is 0 Å². The summed E-state index contributed by atoms with van der Waals surface area (Å²) < 4.78 is 28.7. The molecule has 0 rings (SSSR count). The molecular weight excluding hydrogens is 212 g/mol. The minimum absolute atomic E-state index is 0.282. The molecule has 0 aromatic carbocycles. The van der Waals surface area contributed by atoms with Gasteiger partial charge in [0.15, 0.2) is 0 Å². The quantitative estimate of drug-likeness (QED) is 0.728. The fourth-order valence-electron chi connectivity index (χ4n) is 0.693. The van der Waals surface area contributed by atoms with Gasteiger partial charge in [-0.2, -0.15) is 0 Å². The zero-order valence-corrected chi connectivity index (χ0v) is 11.9. The molecule has 0 N–H and O–H groups in total. The summed E-state index contributed by atoms with van der Waals surface area (Å²) in [6, 6.07) is 0. The first-order chi connectivity index (χ1) is 7.53. The summed E-state index contributed by atoms with van der Waals surface area (Å²) in [6.07, 6.45) is -2.10. The van der Waals surface area contributed by atoms with Gasteiger partial charge in [0.1, 0.15) is 6.10 Å². The molecule has 0 heterocycles. The molecular formula is C12H29F2NO. The zero-order chi connectivity index (χ0) is 13.6. The first-order valence-corrected chi connectivity index (χ1v) is 6.02. The van der Waals surface area contributed by atoms with Crippen LogP contribution in [0, 0.1) is 0 Å². The smallest absolute Gasteiger partial charge is 0.265 e. The fraction of sp³-hybridized carbons (Fsp3) is 1.00. The summed E-state index contributed by atoms with van der Waals surface area (Å²) in [5.74, 6) is 0. The normalized spacial score (nSPS) is 11.4. The Morgan fingerprint density at radius 1 is 1.12 bits per heavy atom. The highest BCUT2D eigenvalue weighted by Crippen LogP contribution is 2.05. The maximum atomic E-state index is 12.0. The van der Waals surface area contributed by atoms with Gasteiger partial charge in [0.05, 0.1) is 0 Å². The Balaban J connectivity index is -0.000000289. The van der Waals surface area contributed by atoms with Crippen molar-refractivity contribution in [2.24, 2.45) is 0 Å². The van der Waals surface area contributed by atoms with Gasteiger partial charge in [-0.1, -0.05) is 41.0 Å². The van der Waals surface area contributed by atoms with Crippen molar-refractivity contribution >= 4 is 0 Å². The molecule has 0 bridgehead atoms. The maximum absolute atomic E-state index is 12.0. The van der Waals surface area contributed by atoms with Crippen molar-refractivity contribution in [1.82, 2.24) is 4.90 Å². The number of likely N-dealkylation sites (N-methyl/N-ethyl adjacent to an activating group) is 1. The van der Waals surface area contributed by atoms with Gasteiger partial charge in [-0.3, -0.25) is 0 Å². The first-order valence-electron chi connectivity index (χ1n) is 6.02. The van der Waals surface area contributed by atoms with Crippen LogP contribution >= 0.6 is 0 Å². The first kappa shape index (κ1) is 21.1. The molecule has 0 unspecified atom stereocenters. The largest absolute Gasteiger partial charge is 0.374 e. The summed E-state index contributed by atoms with van der Waals surface area (Å²) in [5.41, 5.74) is 0. The number of alkyl halides is 2. The molecule has 0 aromatic rings. The molecule has 0 radical (unpaired) electrons. The highest BCUT2D eigenvalue weighted by atomic mass is 19.3. The van der Waals surface area contributed by atoms with E-state index in [1.165, 1.54) is 13.5 Å². The average Bonchev–Trinajstić information content (AvgIpc) is 2.28. The van der Waals surface area contributed by atoms with Crippen molar-refractivity contribution < 1.29 is 13.5 Å². The third kappa shape index (κ3) is 16.2. The number of hydrogen-bond acceptors (Lipinski definition) is 2. The molecule has 0 aromatic heterocycles. The number of halogens is 2. The summed E-state index contributed by atoms with van der Waals surface area (Å²) >= 11 is 0. The molecule has 0 aliphatic rings. The van der Waals surface area contributed by atoms with Gasteiger partial charge in [-0.25, -0.2) is 8.78 Å². The molecule has 0 amide bonds. The summed E-state index contributed by atoms with van der Waals surface area (Å²) in [7, 11) is 3.09. The van der Waals surface area contributed by atoms with Crippen LogP contribution in [0.2, 0.25) is 0 Å². The van der Waals surface area contributed by atoms with Crippen molar-refractivity contribution in [2.45, 2.75) is 53.6 Å². The fourth-order valence-corrected chi connectivity index (χ4v) is 0.693. The van der Waals surface area contributed by atoms with Crippen molar-refractivity contribution in [1.29, 1.82) is 0 Å². The van der Waals surface area contributed by atoms with Gasteiger partial charge in [0, 0.05) is 13.7 Å². The van der Waals surface area contributed by atoms with Crippen molar-refractivity contribution in [3.8, 4) is 0 Å². The van der Waals surface area contributed by atoms with Crippen LogP contribution in [0.25, 0.3) is 0 Å². The lowest BCUT2D eigenvalue weighted by atomic mass is 10.3. The maximum Gasteiger partial charge on any atom is 0.265 e. The lowest BCUT2D eigenvalue weighted by Crippen LogP contribution is -2.35. The molecule has 0 saturated carbocycles. The van der Waals surface area contributed by atoms with Crippen molar-refractivity contribution in [3.63, 3.8) is 0 Å². The third-order valence-corrected chi connectivity index (χ3v) is 1.62. The minimum Gasteiger partial charge on any atom is -0.374 e. The standard InChI is InChI=1S/C7H15F2NO.C3H8.C2H6/c1-4-10(2)5-6(11-3)7(8)9;1-3-2;1-2/h6-7H,4-5H2,1-3H3;3H2,1-2H3;1-2H3/t6-;;/m0../s1. The van der Waals surface area contributed by atoms with Crippen LogP contribution in [-0.4, -0.2) is 44.7 Å². The van der Waals surface area contributed by atoms with E-state index in [-0.39, 0.29) is 6.54 Å². The summed E-state index contributed by atoms with van der Waals surface area (Å²) in [4.78, 5) is 1.79. The van der Waals surface area contributed by atoms with E-state index in [0.29, 0.717) is 0 Å². The number of rotatable bonds is 5. The van der Waals surface area contributed by atoms with Crippen LogP contribution < -0.4 is 0 Å². The Labute approximate surface area is 100.0 Å². The lowest BCUT2D eigenvalue weighted by Gasteiger charge is -2.20. The molecule has 2 nitrogen and oxygen atoms in total. The van der Waals surface area contributed by atoms with Crippen molar-refractivity contribution in [2.75, 3.05) is 27.2 Å². The van der Waals surface area contributed by atoms with Crippen molar-refractivity contribution in [3.05, 3.63) is 0 Å². The van der Waals surface area contributed by atoms with Crippen LogP contribution in [0.5, 0.6) is 0 Å². The van der Waals surface area contributed by atoms with E-state index >= 15 is 0 Å². The van der Waals surface area contributed by atoms with Gasteiger partial charge < -0.3 is 9.64 Å². The van der Waals surface area contributed by atoms with E-state index < -0.39 is 12.5 Å². The number of nitrogens with zero attached hydrogens (tertiary/aromatic N) is 1. The Morgan fingerprint density at radius 3 is 1.69 bits per heavy atom. The van der Waals surface area contributed by atoms with E-state index in [9.17, 15) is 8.78 Å². The van der Waals surface area contributed by atoms with Crippen LogP contribution in [-0.2, 0) is 4.74 Å². The topological polar surface area (TPSA) is 12.5 Å². The van der Waals surface area contributed by atoms with E-state index in [1.807, 2.05) is 20.8 Å². The Bertz CT molecular complexity index is 113. The Morgan fingerprint density at radius 2 is 1.50 bits per heavy atom. The highest BCUT2D eigenvalue weighted by molar-refractivity contribution is 4.63. The molecule has 1 atom stereocenters. The number of hydrogen-bond donors (Lipinski definition) is 0. The second-order valence-electron chi connectivity index (χ2n) is 3.17. The highest BCUT2D eigenvalue weighted by Gasteiger charge is 2.20. The van der Waals surface area contributed by atoms with E-state index in [2.05, 4.69) is 18.6 Å². The number of methoxy groups -OCH3 is 1. The third-order valence-electron chi connectivity index (χ3n) is 1.62. The van der Waals surface area contributed by atoms with Crippen LogP contribution in [0.1, 0.15) is 41.0 Å². The predicted molar refractivity (Wildman–Crippen MR) is 67.3 cm³/mol. The molecule has 0 fully saturated rings. The molecule has 0 aliphatic heterocycles. The van der Waals surface area contributed by atoms with Crippen LogP contribution in [0.4, 0.5) is 8.78 Å². The average molecular weight is 241 g/mol. The molecule has 16 heavy (non-hydrogen) atoms. The zero-order valence-electron chi connectivity index (χ0n) is 11.9. The Kier molecular flexibility index (Phi) is 22.7. The van der Waals surface area contributed by atoms with Gasteiger partial charge in [-0.05, 0) is 13.6 Å². The SMILES string of the molecule is CC.CCC.CCN(C)C[C@H](OC)C(F)F. The van der Waals surface area contributed by atoms with Gasteiger partial charge in [-0.15, -0.1) is 0 Å². The Hall–Kier alpha value is -0.220. The molecule has 4 heteroatoms. The predicted octanol–water partition coefficient (Wildman–Crippen LogP) is 3.66. The molecule has 0 aliphatic carbocycles. The van der Waals surface area contributed by atoms with Crippen LogP contribution in [0.15, 0.2) is 0 Å². The monoisotopic (exact) mass is 241 g/mol. The molecule has 0 spiro atoms. The second-order valence-corrected chi connectivity index (χ2v) is 3.17. The number of ether oxygens (including phenoxy) is 1. The van der Waals surface area contributed by atoms with E-state index in [0.717, 1.165) is 6.54 Å². The summed E-state index contributed by atoms with van der Waals surface area (Å²) in [5, 5.41) is 0. The molecule has 102 valence electrons. The van der Waals surface area contributed by atoms with E-state index in [4.69, 9.17) is 0 Å². The van der Waals surface area contributed by atoms with Crippen LogP contribution in [0.3, 0.4) is 0 Å². The van der Waals surface area contributed by atoms with Gasteiger partial charge in [0.2, 0.25) is 0 Å². The summed E-state index contributed by atoms with van der Waals surface area (Å²) in [6.45, 7) is 11.2. The second kappa shape index (κ2) is 17.2.